The molecule has 0 saturated heterocycles. The van der Waals surface area contributed by atoms with E-state index in [1.54, 1.807) is 24.3 Å². The maximum atomic E-state index is 14.2. The van der Waals surface area contributed by atoms with E-state index < -0.39 is 206 Å². The van der Waals surface area contributed by atoms with Crippen LogP contribution < -0.4 is 21.9 Å². The van der Waals surface area contributed by atoms with Crippen molar-refractivity contribution in [2.75, 3.05) is 17.5 Å². The van der Waals surface area contributed by atoms with Crippen LogP contribution in [0.2, 0.25) is 0 Å². The Bertz CT molecular complexity index is 2510. The van der Waals surface area contributed by atoms with Crippen molar-refractivity contribution in [3.8, 4) is 0 Å². The Hall–Kier alpha value is -6.88. The van der Waals surface area contributed by atoms with E-state index in [2.05, 4.69) is 20.1 Å². The zero-order chi connectivity index (χ0) is 57.1. The monoisotopic (exact) mass is 1130 g/mol. The molecule has 7 nitrogen and oxygen atoms in total. The zero-order valence-electron chi connectivity index (χ0n) is 36.1. The van der Waals surface area contributed by atoms with Gasteiger partial charge in [0.2, 0.25) is 5.78 Å². The second-order valence-corrected chi connectivity index (χ2v) is 17.5. The number of rotatable bonds is 11. The van der Waals surface area contributed by atoms with Crippen molar-refractivity contribution in [3.63, 3.8) is 0 Å². The van der Waals surface area contributed by atoms with Crippen LogP contribution >= 0.6 is 0 Å². The molecule has 5 aromatic rings. The fourth-order valence-electron chi connectivity index (χ4n) is 7.31. The largest absolute Gasteiger partial charge is 0.416 e. The molecule has 0 unspecified atom stereocenters. The van der Waals surface area contributed by atoms with Gasteiger partial charge in [0.25, 0.3) is 0 Å². The lowest BCUT2D eigenvalue weighted by atomic mass is 9.12. The number of ketones is 1. The third-order valence-electron chi connectivity index (χ3n) is 10.5. The third-order valence-corrected chi connectivity index (χ3v) is 12.1. The number of benzene rings is 5. The van der Waals surface area contributed by atoms with Crippen LogP contribution in [0.4, 0.5) is 105 Å². The molecule has 0 aromatic heterocycles. The van der Waals surface area contributed by atoms with Crippen LogP contribution in [-0.4, -0.2) is 29.4 Å². The van der Waals surface area contributed by atoms with Crippen molar-refractivity contribution in [1.82, 2.24) is 0 Å². The van der Waals surface area contributed by atoms with Gasteiger partial charge in [-0.1, -0.05) is 78.9 Å². The first-order valence-corrected chi connectivity index (χ1v) is 21.4. The van der Waals surface area contributed by atoms with Gasteiger partial charge in [-0.25, -0.2) is 0 Å². The Kier molecular flexibility index (Phi) is 17.6. The number of nitrogens with zero attached hydrogens (tertiary/aromatic N) is 6. The Morgan fingerprint density at radius 3 is 0.787 bits per heavy atom. The van der Waals surface area contributed by atoms with E-state index in [-0.39, 0.29) is 23.3 Å². The predicted octanol–water partition coefficient (Wildman–Crippen LogP) is 14.2. The molecule has 0 saturated carbocycles. The SMILES string of the molecule is FC(F)(F)c1cc([B-](c2cc(C(F)(F)F)cc(C(F)(F)F)c2)(c2cc(C(F)(F)F)cc(C(F)(F)F)c2)c2cc(C(F)(F)F)cc(C(F)(F)F)c2)cc(C(F)(F)F)c1.[N-]=[N+]=NC[S+](CN=[N+]=[N-])CC(=O)c1ccccc1. The second-order valence-electron chi connectivity index (χ2n) is 15.5. The summed E-state index contributed by atoms with van der Waals surface area (Å²) in [5.41, 5.74) is -13.1. The van der Waals surface area contributed by atoms with Crippen molar-refractivity contribution in [1.29, 1.82) is 0 Å². The lowest BCUT2D eigenvalue weighted by Crippen LogP contribution is -2.75. The first-order valence-electron chi connectivity index (χ1n) is 19.6. The first-order chi connectivity index (χ1) is 34.0. The second kappa shape index (κ2) is 21.8. The van der Waals surface area contributed by atoms with Gasteiger partial charge in [-0.05, 0) is 45.6 Å². The van der Waals surface area contributed by atoms with Gasteiger partial charge >= 0.3 is 49.4 Å². The summed E-state index contributed by atoms with van der Waals surface area (Å²) in [6.07, 6.45) is -54.8. The number of azide groups is 2. The summed E-state index contributed by atoms with van der Waals surface area (Å²) in [6, 6.07) is 0.0418. The molecular weight excluding hydrogens is 1100 g/mol. The molecule has 0 aliphatic carbocycles. The topological polar surface area (TPSA) is 115 Å². The van der Waals surface area contributed by atoms with Crippen LogP contribution in [0, 0.1) is 0 Å². The minimum absolute atomic E-state index is 0.0415. The van der Waals surface area contributed by atoms with Gasteiger partial charge in [-0.15, -0.1) is 0 Å². The van der Waals surface area contributed by atoms with Crippen LogP contribution in [-0.2, 0) is 60.3 Å². The van der Waals surface area contributed by atoms with E-state index in [0.29, 0.717) is 5.56 Å². The molecule has 404 valence electrons. The minimum atomic E-state index is -6.13. The van der Waals surface area contributed by atoms with Gasteiger partial charge in [0.05, 0.1) is 44.5 Å². The van der Waals surface area contributed by atoms with Crippen LogP contribution in [0.25, 0.3) is 20.9 Å². The average Bonchev–Trinajstić information content (AvgIpc) is 3.28. The highest BCUT2D eigenvalue weighted by Gasteiger charge is 2.47. The molecule has 33 heteroatoms. The Morgan fingerprint density at radius 2 is 0.600 bits per heavy atom. The lowest BCUT2D eigenvalue weighted by molar-refractivity contribution is -0.144. The van der Waals surface area contributed by atoms with Crippen molar-refractivity contribution < 1.29 is 110 Å². The highest BCUT2D eigenvalue weighted by Crippen LogP contribution is 2.41. The van der Waals surface area contributed by atoms with E-state index in [9.17, 15) is 110 Å². The van der Waals surface area contributed by atoms with E-state index >= 15 is 0 Å². The predicted molar refractivity (Wildman–Crippen MR) is 221 cm³/mol. The average molecular weight is 1130 g/mol. The smallest absolute Gasteiger partial charge is 0.289 e. The summed E-state index contributed by atoms with van der Waals surface area (Å²) in [4.78, 5) is 17.2. The molecule has 0 N–H and O–H groups in total. The normalized spacial score (nSPS) is 13.5. The molecule has 0 aliphatic heterocycles. The van der Waals surface area contributed by atoms with Gasteiger partial charge in [0.15, 0.2) is 17.5 Å². The van der Waals surface area contributed by atoms with Crippen LogP contribution in [0.1, 0.15) is 54.9 Å². The minimum Gasteiger partial charge on any atom is -0.289 e. The van der Waals surface area contributed by atoms with Crippen molar-refractivity contribution >= 4 is 44.7 Å². The standard InChI is InChI=1S/C32H12BF24.C10H11N6OS/c34-25(35,36)13-1-14(26(37,38)39)6-21(5-13)33(22-7-15(27(40,41)42)2-16(8-22)28(43,44)45,23-9-17(29(46,47)48)3-18(10-23)30(49,50)51)24-11-19(31(52,53)54)4-20(12-24)32(55,56)57;11-15-13-7-18(8-14-16-12)6-10(17)9-4-2-1-3-5-9/h1-12H;1-5H,6-8H2/q-1;+1. The number of hydrogen-bond acceptors (Lipinski definition) is 3. The number of hydrogen-bond donors (Lipinski definition) is 0. The van der Waals surface area contributed by atoms with E-state index in [0.717, 1.165) is 0 Å². The summed E-state index contributed by atoms with van der Waals surface area (Å²) in [6.45, 7) is 0. The molecule has 0 fully saturated rings. The van der Waals surface area contributed by atoms with E-state index in [1.165, 1.54) is 0 Å². The molecule has 0 atom stereocenters. The number of halogens is 24. The van der Waals surface area contributed by atoms with Crippen molar-refractivity contribution in [2.24, 2.45) is 10.2 Å². The number of alkyl halides is 24. The molecule has 0 bridgehead atoms. The fraction of sp³-hybridized carbons (Fsp3) is 0.262. The van der Waals surface area contributed by atoms with Gasteiger partial charge in [0, 0.05) is 26.3 Å². The lowest BCUT2D eigenvalue weighted by Gasteiger charge is -2.46. The quantitative estimate of drug-likeness (QED) is 0.0245. The number of Topliss-reactive ketones (excluding diaryl/α,β-unsaturated/α-hetero) is 1. The summed E-state index contributed by atoms with van der Waals surface area (Å²) in [7, 11) is -0.545. The summed E-state index contributed by atoms with van der Waals surface area (Å²) in [5, 5.41) is 6.86. The molecule has 75 heavy (non-hydrogen) atoms. The summed E-state index contributed by atoms with van der Waals surface area (Å²) in [5.74, 6) is 0.532. The van der Waals surface area contributed by atoms with E-state index in [1.807, 2.05) is 6.07 Å². The maximum absolute atomic E-state index is 14.2. The highest BCUT2D eigenvalue weighted by molar-refractivity contribution is 7.97. The zero-order valence-corrected chi connectivity index (χ0v) is 36.9. The molecular formula is C42H23BF24N6OS. The highest BCUT2D eigenvalue weighted by atomic mass is 32.2. The third kappa shape index (κ3) is 15.1. The summed E-state index contributed by atoms with van der Waals surface area (Å²) < 4.78 is 341. The number of carbonyl (C=O) groups is 1. The molecule has 0 aliphatic rings. The molecule has 0 spiro atoms. The Labute approximate surface area is 405 Å². The maximum Gasteiger partial charge on any atom is 0.416 e. The van der Waals surface area contributed by atoms with Gasteiger partial charge in [-0.3, -0.25) is 4.79 Å². The van der Waals surface area contributed by atoms with Crippen LogP contribution in [0.5, 0.6) is 0 Å². The van der Waals surface area contributed by atoms with Gasteiger partial charge in [0.1, 0.15) is 6.15 Å². The molecule has 0 radical (unpaired) electrons. The number of carbonyl (C=O) groups excluding carboxylic acids is 1. The van der Waals surface area contributed by atoms with Crippen LogP contribution in [0.15, 0.2) is 113 Å². The first kappa shape index (κ1) is 60.7. The van der Waals surface area contributed by atoms with Crippen molar-refractivity contribution in [2.45, 2.75) is 49.4 Å². The molecule has 5 rings (SSSR count). The summed E-state index contributed by atoms with van der Waals surface area (Å²) >= 11 is 0. The molecule has 0 amide bonds. The Morgan fingerprint density at radius 1 is 0.387 bits per heavy atom. The van der Waals surface area contributed by atoms with E-state index in [4.69, 9.17) is 11.1 Å². The van der Waals surface area contributed by atoms with Gasteiger partial charge in [-0.2, -0.15) is 127 Å². The molecule has 0 heterocycles. The van der Waals surface area contributed by atoms with Crippen molar-refractivity contribution in [3.05, 3.63) is 174 Å². The molecule has 5 aromatic carbocycles. The fourth-order valence-corrected chi connectivity index (χ4v) is 8.54. The Balaban J connectivity index is 0.000000569. The van der Waals surface area contributed by atoms with Crippen LogP contribution in [0.3, 0.4) is 0 Å². The van der Waals surface area contributed by atoms with Gasteiger partial charge < -0.3 is 0 Å².